The third-order valence-corrected chi connectivity index (χ3v) is 4.74. The lowest BCUT2D eigenvalue weighted by atomic mass is 10.0. The fraction of sp³-hybridized carbons (Fsp3) is 0.348. The molecular weight excluding hydrogens is 370 g/mol. The van der Waals surface area contributed by atoms with Crippen LogP contribution in [0.1, 0.15) is 38.3 Å². The van der Waals surface area contributed by atoms with Crippen molar-refractivity contribution in [3.63, 3.8) is 0 Å². The Bertz CT molecular complexity index is 945. The number of rotatable bonds is 5. The molecule has 6 heteroatoms. The van der Waals surface area contributed by atoms with E-state index in [2.05, 4.69) is 0 Å². The second kappa shape index (κ2) is 8.07. The molecule has 2 aromatic carbocycles. The summed E-state index contributed by atoms with van der Waals surface area (Å²) in [6.45, 7) is 5.25. The zero-order chi connectivity index (χ0) is 21.2. The first-order chi connectivity index (χ1) is 13.7. The van der Waals surface area contributed by atoms with Gasteiger partial charge in [0.1, 0.15) is 17.9 Å². The normalized spacial score (nSPS) is 13.1. The van der Waals surface area contributed by atoms with Gasteiger partial charge in [-0.3, -0.25) is 9.69 Å². The molecule has 0 heterocycles. The molecule has 1 aliphatic carbocycles. The third kappa shape index (κ3) is 4.31. The van der Waals surface area contributed by atoms with E-state index < -0.39 is 23.7 Å². The van der Waals surface area contributed by atoms with Gasteiger partial charge in [-0.1, -0.05) is 36.4 Å². The molecule has 1 amide bonds. The number of carbonyl (C=O) groups is 3. The summed E-state index contributed by atoms with van der Waals surface area (Å²) in [7, 11) is 1.25. The van der Waals surface area contributed by atoms with E-state index in [4.69, 9.17) is 9.47 Å². The summed E-state index contributed by atoms with van der Waals surface area (Å²) in [6, 6.07) is 12.6. The highest BCUT2D eigenvalue weighted by atomic mass is 16.6. The summed E-state index contributed by atoms with van der Waals surface area (Å²) in [5.74, 6) is -0.556. The highest BCUT2D eigenvalue weighted by Gasteiger charge is 2.33. The molecule has 152 valence electrons. The summed E-state index contributed by atoms with van der Waals surface area (Å²) in [5.41, 5.74) is 4.06. The van der Waals surface area contributed by atoms with Crippen molar-refractivity contribution in [1.29, 1.82) is 0 Å². The molecule has 1 atom stereocenters. The van der Waals surface area contributed by atoms with E-state index in [0.717, 1.165) is 22.3 Å². The molecule has 3 rings (SSSR count). The van der Waals surface area contributed by atoms with Gasteiger partial charge >= 0.3 is 12.1 Å². The fourth-order valence-corrected chi connectivity index (χ4v) is 3.63. The van der Waals surface area contributed by atoms with Crippen LogP contribution in [0.2, 0.25) is 0 Å². The van der Waals surface area contributed by atoms with Gasteiger partial charge in [0.2, 0.25) is 0 Å². The Morgan fingerprint density at radius 1 is 1.10 bits per heavy atom. The first-order valence-electron chi connectivity index (χ1n) is 9.49. The van der Waals surface area contributed by atoms with Crippen LogP contribution in [-0.2, 0) is 25.5 Å². The van der Waals surface area contributed by atoms with Crippen molar-refractivity contribution in [3.05, 3.63) is 53.6 Å². The SMILES string of the molecule is COC(=O)N(c1cccc2c1Cc1ccccc1-2)[C@H](C=O)CC(=O)OC(C)(C)C. The first kappa shape index (κ1) is 20.6. The number of methoxy groups -OCH3 is 1. The molecule has 0 unspecified atom stereocenters. The lowest BCUT2D eigenvalue weighted by Crippen LogP contribution is -2.44. The van der Waals surface area contributed by atoms with Gasteiger partial charge < -0.3 is 14.3 Å². The maximum atomic E-state index is 12.6. The van der Waals surface area contributed by atoms with Crippen molar-refractivity contribution < 1.29 is 23.9 Å². The number of hydrogen-bond acceptors (Lipinski definition) is 5. The number of fused-ring (bicyclic) bond motifs is 3. The molecule has 0 aromatic heterocycles. The van der Waals surface area contributed by atoms with Crippen LogP contribution in [0.3, 0.4) is 0 Å². The number of ether oxygens (including phenoxy) is 2. The number of aldehydes is 1. The molecule has 0 saturated heterocycles. The van der Waals surface area contributed by atoms with Crippen LogP contribution < -0.4 is 4.90 Å². The van der Waals surface area contributed by atoms with Crippen LogP contribution in [0.15, 0.2) is 42.5 Å². The van der Waals surface area contributed by atoms with Crippen LogP contribution in [0, 0.1) is 0 Å². The Balaban J connectivity index is 1.99. The van der Waals surface area contributed by atoms with Gasteiger partial charge in [-0.05, 0) is 49.1 Å². The lowest BCUT2D eigenvalue weighted by molar-refractivity contribution is -0.155. The van der Waals surface area contributed by atoms with Gasteiger partial charge in [0.05, 0.1) is 19.2 Å². The topological polar surface area (TPSA) is 72.9 Å². The molecule has 0 N–H and O–H groups in total. The first-order valence-corrected chi connectivity index (χ1v) is 9.49. The fourth-order valence-electron chi connectivity index (χ4n) is 3.63. The van der Waals surface area contributed by atoms with E-state index in [1.165, 1.54) is 12.0 Å². The van der Waals surface area contributed by atoms with E-state index in [0.29, 0.717) is 18.4 Å². The summed E-state index contributed by atoms with van der Waals surface area (Å²) in [5, 5.41) is 0. The average Bonchev–Trinajstić information content (AvgIpc) is 3.05. The number of esters is 1. The van der Waals surface area contributed by atoms with Crippen LogP contribution in [-0.4, -0.2) is 37.1 Å². The second-order valence-electron chi connectivity index (χ2n) is 7.97. The Hall–Kier alpha value is -3.15. The number of hydrogen-bond donors (Lipinski definition) is 0. The van der Waals surface area contributed by atoms with Gasteiger partial charge in [-0.25, -0.2) is 4.79 Å². The van der Waals surface area contributed by atoms with E-state index >= 15 is 0 Å². The van der Waals surface area contributed by atoms with Crippen LogP contribution in [0.25, 0.3) is 11.1 Å². The molecule has 0 fully saturated rings. The zero-order valence-electron chi connectivity index (χ0n) is 17.1. The van der Waals surface area contributed by atoms with Crippen molar-refractivity contribution >= 4 is 24.0 Å². The maximum absolute atomic E-state index is 12.6. The van der Waals surface area contributed by atoms with E-state index in [9.17, 15) is 14.4 Å². The zero-order valence-corrected chi connectivity index (χ0v) is 17.1. The van der Waals surface area contributed by atoms with Crippen molar-refractivity contribution in [2.45, 2.75) is 45.3 Å². The molecule has 0 spiro atoms. The minimum Gasteiger partial charge on any atom is -0.460 e. The monoisotopic (exact) mass is 395 g/mol. The number of amides is 1. The summed E-state index contributed by atoms with van der Waals surface area (Å²) < 4.78 is 10.3. The summed E-state index contributed by atoms with van der Waals surface area (Å²) in [4.78, 5) is 38.1. The quantitative estimate of drug-likeness (QED) is 0.480. The average molecular weight is 395 g/mol. The smallest absolute Gasteiger partial charge is 0.414 e. The highest BCUT2D eigenvalue weighted by Crippen LogP contribution is 2.42. The largest absolute Gasteiger partial charge is 0.460 e. The van der Waals surface area contributed by atoms with Crippen molar-refractivity contribution in [1.82, 2.24) is 0 Å². The number of anilines is 1. The van der Waals surface area contributed by atoms with Crippen LogP contribution in [0.5, 0.6) is 0 Å². The third-order valence-electron chi connectivity index (χ3n) is 4.74. The standard InChI is InChI=1S/C23H25NO5/c1-23(2,3)29-21(26)13-16(14-25)24(22(27)28-4)20-11-7-10-18-17-9-6-5-8-15(17)12-19(18)20/h5-11,14,16H,12-13H2,1-4H3/t16-/m0/s1. The van der Waals surface area contributed by atoms with E-state index in [1.54, 1.807) is 26.8 Å². The molecule has 2 aromatic rings. The van der Waals surface area contributed by atoms with Crippen molar-refractivity contribution in [2.75, 3.05) is 12.0 Å². The molecular formula is C23H25NO5. The van der Waals surface area contributed by atoms with Gasteiger partial charge in [-0.15, -0.1) is 0 Å². The molecule has 29 heavy (non-hydrogen) atoms. The highest BCUT2D eigenvalue weighted by molar-refractivity contribution is 5.97. The van der Waals surface area contributed by atoms with Crippen molar-refractivity contribution in [2.24, 2.45) is 0 Å². The number of carbonyl (C=O) groups excluding carboxylic acids is 3. The predicted molar refractivity (Wildman–Crippen MR) is 110 cm³/mol. The molecule has 0 bridgehead atoms. The Morgan fingerprint density at radius 3 is 2.45 bits per heavy atom. The van der Waals surface area contributed by atoms with Crippen molar-refractivity contribution in [3.8, 4) is 11.1 Å². The predicted octanol–water partition coefficient (Wildman–Crippen LogP) is 4.13. The Morgan fingerprint density at radius 2 is 1.79 bits per heavy atom. The van der Waals surface area contributed by atoms with Gasteiger partial charge in [-0.2, -0.15) is 0 Å². The molecule has 0 saturated carbocycles. The maximum Gasteiger partial charge on any atom is 0.414 e. The Labute approximate surface area is 170 Å². The minimum atomic E-state index is -1.03. The Kier molecular flexibility index (Phi) is 5.73. The lowest BCUT2D eigenvalue weighted by Gasteiger charge is -2.29. The van der Waals surface area contributed by atoms with Gasteiger partial charge in [0.15, 0.2) is 0 Å². The summed E-state index contributed by atoms with van der Waals surface area (Å²) in [6.07, 6.45) is 0.261. The molecule has 1 aliphatic rings. The molecule has 0 radical (unpaired) electrons. The van der Waals surface area contributed by atoms with Crippen LogP contribution >= 0.6 is 0 Å². The summed E-state index contributed by atoms with van der Waals surface area (Å²) >= 11 is 0. The van der Waals surface area contributed by atoms with E-state index in [-0.39, 0.29) is 6.42 Å². The molecule has 0 aliphatic heterocycles. The number of benzene rings is 2. The van der Waals surface area contributed by atoms with Crippen LogP contribution in [0.4, 0.5) is 10.5 Å². The van der Waals surface area contributed by atoms with Gasteiger partial charge in [0.25, 0.3) is 0 Å². The van der Waals surface area contributed by atoms with E-state index in [1.807, 2.05) is 36.4 Å². The molecule has 6 nitrogen and oxygen atoms in total. The number of nitrogens with zero attached hydrogens (tertiary/aromatic N) is 1. The second-order valence-corrected chi connectivity index (χ2v) is 7.97. The minimum absolute atomic E-state index is 0.257. The van der Waals surface area contributed by atoms with Gasteiger partial charge in [0, 0.05) is 6.42 Å².